The van der Waals surface area contributed by atoms with Crippen LogP contribution < -0.4 is 5.32 Å². The first-order chi connectivity index (χ1) is 15.2. The number of hydrogen-bond donors (Lipinski definition) is 1. The molecule has 2 aromatic heterocycles. The Morgan fingerprint density at radius 1 is 1.16 bits per heavy atom. The fourth-order valence-corrected chi connectivity index (χ4v) is 6.16. The molecule has 1 aromatic carbocycles. The Labute approximate surface area is 188 Å². The van der Waals surface area contributed by atoms with Crippen LogP contribution in [-0.2, 0) is 9.84 Å². The summed E-state index contributed by atoms with van der Waals surface area (Å²) in [6.45, 7) is 6.13. The molecule has 3 heterocycles. The van der Waals surface area contributed by atoms with Crippen molar-refractivity contribution in [3.8, 4) is 0 Å². The average Bonchev–Trinajstić information content (AvgIpc) is 3.47. The molecule has 0 spiro atoms. The number of nitrogens with one attached hydrogen (secondary N) is 1. The molecule has 32 heavy (non-hydrogen) atoms. The van der Waals surface area contributed by atoms with E-state index in [1.165, 1.54) is 5.56 Å². The van der Waals surface area contributed by atoms with Crippen LogP contribution in [-0.4, -0.2) is 40.6 Å². The van der Waals surface area contributed by atoms with Crippen molar-refractivity contribution in [3.63, 3.8) is 0 Å². The molecule has 2 fully saturated rings. The van der Waals surface area contributed by atoms with Crippen LogP contribution in [0.15, 0.2) is 30.3 Å². The molecular formula is C24H28N4O3S. The summed E-state index contributed by atoms with van der Waals surface area (Å²) in [5.74, 6) is 0.821. The number of benzene rings is 1. The molecule has 1 amide bonds. The maximum atomic E-state index is 13.4. The van der Waals surface area contributed by atoms with E-state index in [1.54, 1.807) is 4.68 Å². The standard InChI is InChI=1S/C24H28N4O3S/c1-14(2)16-6-8-18(9-7-16)25-24(29)20-12-21(17-4-5-17)26-23-22(20)15(3)27-28(23)19-10-11-32(30,31)13-19/h6-9,12,14,17,19H,4-5,10-11,13H2,1-3H3,(H,25,29)/t19-/m1/s1. The quantitative estimate of drug-likeness (QED) is 0.621. The average molecular weight is 453 g/mol. The minimum Gasteiger partial charge on any atom is -0.322 e. The van der Waals surface area contributed by atoms with Crippen molar-refractivity contribution in [3.05, 3.63) is 52.8 Å². The molecule has 1 saturated heterocycles. The Morgan fingerprint density at radius 2 is 1.88 bits per heavy atom. The first kappa shape index (κ1) is 21.1. The predicted molar refractivity (Wildman–Crippen MR) is 125 cm³/mol. The SMILES string of the molecule is Cc1nn([C@@H]2CCS(=O)(=O)C2)c2nc(C3CC3)cc(C(=O)Nc3ccc(C(C)C)cc3)c12. The van der Waals surface area contributed by atoms with Gasteiger partial charge in [-0.1, -0.05) is 26.0 Å². The van der Waals surface area contributed by atoms with Gasteiger partial charge in [0.05, 0.1) is 34.2 Å². The molecule has 0 unspecified atom stereocenters. The van der Waals surface area contributed by atoms with Crippen LogP contribution in [0.4, 0.5) is 5.69 Å². The highest BCUT2D eigenvalue weighted by atomic mass is 32.2. The lowest BCUT2D eigenvalue weighted by Crippen LogP contribution is -2.15. The van der Waals surface area contributed by atoms with Crippen molar-refractivity contribution in [2.24, 2.45) is 0 Å². The lowest BCUT2D eigenvalue weighted by Gasteiger charge is -2.12. The molecular weight excluding hydrogens is 424 g/mol. The summed E-state index contributed by atoms with van der Waals surface area (Å²) in [6, 6.07) is 9.56. The van der Waals surface area contributed by atoms with Gasteiger partial charge < -0.3 is 5.32 Å². The van der Waals surface area contributed by atoms with Crippen LogP contribution in [0, 0.1) is 6.92 Å². The summed E-state index contributed by atoms with van der Waals surface area (Å²) in [5.41, 5.74) is 4.71. The van der Waals surface area contributed by atoms with E-state index >= 15 is 0 Å². The van der Waals surface area contributed by atoms with Gasteiger partial charge in [0.2, 0.25) is 0 Å². The third-order valence-corrected chi connectivity index (χ3v) is 8.24. The van der Waals surface area contributed by atoms with Gasteiger partial charge in [-0.3, -0.25) is 4.79 Å². The number of pyridine rings is 1. The molecule has 1 saturated carbocycles. The normalized spacial score (nSPS) is 20.2. The Hall–Kier alpha value is -2.74. The Morgan fingerprint density at radius 3 is 2.47 bits per heavy atom. The summed E-state index contributed by atoms with van der Waals surface area (Å²) < 4.78 is 25.9. The highest BCUT2D eigenvalue weighted by Gasteiger charge is 2.34. The number of fused-ring (bicyclic) bond motifs is 1. The van der Waals surface area contributed by atoms with Crippen molar-refractivity contribution >= 4 is 32.5 Å². The van der Waals surface area contributed by atoms with Crippen LogP contribution in [0.3, 0.4) is 0 Å². The molecule has 1 aliphatic carbocycles. The number of aryl methyl sites for hydroxylation is 1. The Bertz CT molecular complexity index is 1310. The minimum absolute atomic E-state index is 0.0717. The summed E-state index contributed by atoms with van der Waals surface area (Å²) in [7, 11) is -3.06. The second-order valence-corrected chi connectivity index (χ2v) is 11.6. The van der Waals surface area contributed by atoms with Crippen molar-refractivity contribution in [1.29, 1.82) is 0 Å². The molecule has 8 heteroatoms. The molecule has 168 valence electrons. The van der Waals surface area contributed by atoms with Gasteiger partial charge in [-0.2, -0.15) is 5.10 Å². The van der Waals surface area contributed by atoms with Crippen molar-refractivity contribution in [2.75, 3.05) is 16.8 Å². The largest absolute Gasteiger partial charge is 0.322 e. The van der Waals surface area contributed by atoms with Gasteiger partial charge in [-0.25, -0.2) is 18.1 Å². The lowest BCUT2D eigenvalue weighted by atomic mass is 10.0. The van der Waals surface area contributed by atoms with E-state index < -0.39 is 9.84 Å². The first-order valence-electron chi connectivity index (χ1n) is 11.2. The molecule has 0 radical (unpaired) electrons. The number of aromatic nitrogens is 3. The number of hydrogen-bond acceptors (Lipinski definition) is 5. The number of sulfone groups is 1. The van der Waals surface area contributed by atoms with Gasteiger partial charge in [0.25, 0.3) is 5.91 Å². The molecule has 0 bridgehead atoms. The number of amides is 1. The van der Waals surface area contributed by atoms with Gasteiger partial charge in [0.15, 0.2) is 15.5 Å². The topological polar surface area (TPSA) is 93.9 Å². The van der Waals surface area contributed by atoms with Crippen LogP contribution in [0.5, 0.6) is 0 Å². The second-order valence-electron chi connectivity index (χ2n) is 9.39. The van der Waals surface area contributed by atoms with E-state index in [0.29, 0.717) is 40.5 Å². The van der Waals surface area contributed by atoms with Gasteiger partial charge >= 0.3 is 0 Å². The summed E-state index contributed by atoms with van der Waals surface area (Å²) >= 11 is 0. The summed E-state index contributed by atoms with van der Waals surface area (Å²) in [4.78, 5) is 18.2. The zero-order valence-corrected chi connectivity index (χ0v) is 19.4. The Balaban J connectivity index is 1.55. The smallest absolute Gasteiger partial charge is 0.256 e. The fourth-order valence-electron chi connectivity index (χ4n) is 4.47. The highest BCUT2D eigenvalue weighted by molar-refractivity contribution is 7.91. The zero-order chi connectivity index (χ0) is 22.6. The van der Waals surface area contributed by atoms with Crippen molar-refractivity contribution < 1.29 is 13.2 Å². The predicted octanol–water partition coefficient (Wildman–Crippen LogP) is 4.35. The summed E-state index contributed by atoms with van der Waals surface area (Å²) in [5, 5.41) is 8.38. The number of anilines is 1. The molecule has 1 aliphatic heterocycles. The fraction of sp³-hybridized carbons (Fsp3) is 0.458. The second kappa shape index (κ2) is 7.69. The number of carbonyl (C=O) groups excluding carboxylic acids is 1. The van der Waals surface area contributed by atoms with E-state index in [1.807, 2.05) is 37.3 Å². The van der Waals surface area contributed by atoms with Crippen molar-refractivity contribution in [1.82, 2.24) is 14.8 Å². The van der Waals surface area contributed by atoms with Gasteiger partial charge in [-0.15, -0.1) is 0 Å². The minimum atomic E-state index is -3.06. The van der Waals surface area contributed by atoms with Crippen LogP contribution in [0.25, 0.3) is 11.0 Å². The van der Waals surface area contributed by atoms with E-state index in [-0.39, 0.29) is 23.5 Å². The first-order valence-corrected chi connectivity index (χ1v) is 13.1. The highest BCUT2D eigenvalue weighted by Crippen LogP contribution is 2.41. The third kappa shape index (κ3) is 3.92. The summed E-state index contributed by atoms with van der Waals surface area (Å²) in [6.07, 6.45) is 2.64. The molecule has 1 N–H and O–H groups in total. The number of nitrogens with zero attached hydrogens (tertiary/aromatic N) is 3. The Kier molecular flexibility index (Phi) is 5.08. The van der Waals surface area contributed by atoms with Crippen LogP contribution in [0.2, 0.25) is 0 Å². The number of carbonyl (C=O) groups is 1. The maximum Gasteiger partial charge on any atom is 0.256 e. The molecule has 1 atom stereocenters. The molecule has 2 aliphatic rings. The molecule has 3 aromatic rings. The van der Waals surface area contributed by atoms with Crippen LogP contribution in [0.1, 0.15) is 78.3 Å². The van der Waals surface area contributed by atoms with Gasteiger partial charge in [0, 0.05) is 17.3 Å². The lowest BCUT2D eigenvalue weighted by molar-refractivity contribution is 0.102. The molecule has 5 rings (SSSR count). The monoisotopic (exact) mass is 452 g/mol. The van der Waals surface area contributed by atoms with E-state index in [2.05, 4.69) is 24.3 Å². The van der Waals surface area contributed by atoms with E-state index in [9.17, 15) is 13.2 Å². The maximum absolute atomic E-state index is 13.4. The van der Waals surface area contributed by atoms with E-state index in [0.717, 1.165) is 24.2 Å². The van der Waals surface area contributed by atoms with Crippen LogP contribution >= 0.6 is 0 Å². The number of rotatable bonds is 5. The van der Waals surface area contributed by atoms with Gasteiger partial charge in [-0.05, 0) is 55.9 Å². The van der Waals surface area contributed by atoms with Crippen molar-refractivity contribution in [2.45, 2.75) is 57.9 Å². The zero-order valence-electron chi connectivity index (χ0n) is 18.6. The molecule has 7 nitrogen and oxygen atoms in total. The third-order valence-electron chi connectivity index (χ3n) is 6.49. The van der Waals surface area contributed by atoms with E-state index in [4.69, 9.17) is 4.98 Å². The van der Waals surface area contributed by atoms with Gasteiger partial charge in [0.1, 0.15) is 0 Å².